The van der Waals surface area contributed by atoms with E-state index in [2.05, 4.69) is 22.5 Å². The molecule has 18 heavy (non-hydrogen) atoms. The molecular weight excluding hydrogens is 226 g/mol. The molecule has 2 unspecified atom stereocenters. The van der Waals surface area contributed by atoms with Crippen molar-refractivity contribution in [1.29, 1.82) is 0 Å². The number of hydrogen-bond acceptors (Lipinski definition) is 3. The van der Waals surface area contributed by atoms with E-state index < -0.39 is 0 Å². The van der Waals surface area contributed by atoms with Crippen molar-refractivity contribution in [3.8, 4) is 5.75 Å². The van der Waals surface area contributed by atoms with Crippen molar-refractivity contribution in [1.82, 2.24) is 9.55 Å². The summed E-state index contributed by atoms with van der Waals surface area (Å²) in [5, 5.41) is 0. The van der Waals surface area contributed by atoms with E-state index in [0.29, 0.717) is 12.0 Å². The molecule has 0 bridgehead atoms. The minimum Gasteiger partial charge on any atom is -0.497 e. The van der Waals surface area contributed by atoms with Crippen molar-refractivity contribution in [2.45, 2.75) is 32.2 Å². The van der Waals surface area contributed by atoms with Crippen molar-refractivity contribution in [3.05, 3.63) is 18.2 Å². The van der Waals surface area contributed by atoms with E-state index in [1.807, 2.05) is 12.1 Å². The van der Waals surface area contributed by atoms with Crippen LogP contribution in [0.5, 0.6) is 5.75 Å². The molecule has 0 aliphatic heterocycles. The topological polar surface area (TPSA) is 53.1 Å². The molecule has 1 aliphatic carbocycles. The molecule has 2 atom stereocenters. The first kappa shape index (κ1) is 11.4. The van der Waals surface area contributed by atoms with Crippen LogP contribution in [0.1, 0.15) is 32.2 Å². The summed E-state index contributed by atoms with van der Waals surface area (Å²) in [6, 6.07) is 6.47. The third kappa shape index (κ3) is 1.72. The Bertz CT molecular complexity index is 576. The van der Waals surface area contributed by atoms with Crippen LogP contribution >= 0.6 is 0 Å². The first-order chi connectivity index (χ1) is 8.69. The number of methoxy groups -OCH3 is 1. The van der Waals surface area contributed by atoms with Gasteiger partial charge in [0, 0.05) is 12.1 Å². The van der Waals surface area contributed by atoms with Gasteiger partial charge < -0.3 is 15.0 Å². The van der Waals surface area contributed by atoms with Gasteiger partial charge in [-0.3, -0.25) is 0 Å². The van der Waals surface area contributed by atoms with Crippen molar-refractivity contribution in [3.63, 3.8) is 0 Å². The number of nitrogens with zero attached hydrogens (tertiary/aromatic N) is 2. The van der Waals surface area contributed by atoms with Crippen LogP contribution < -0.4 is 10.5 Å². The highest BCUT2D eigenvalue weighted by Gasteiger charge is 2.25. The fourth-order valence-corrected chi connectivity index (χ4v) is 3.02. The summed E-state index contributed by atoms with van der Waals surface area (Å²) in [5.41, 5.74) is 8.12. The number of fused-ring (bicyclic) bond motifs is 1. The monoisotopic (exact) mass is 245 g/mol. The molecule has 2 aromatic rings. The van der Waals surface area contributed by atoms with Crippen LogP contribution in [0, 0.1) is 5.92 Å². The van der Waals surface area contributed by atoms with Gasteiger partial charge in [0.25, 0.3) is 0 Å². The smallest absolute Gasteiger partial charge is 0.201 e. The molecule has 1 saturated carbocycles. The molecular formula is C14H19N3O. The molecule has 3 rings (SSSR count). The Morgan fingerprint density at radius 3 is 2.89 bits per heavy atom. The van der Waals surface area contributed by atoms with Gasteiger partial charge in [-0.05, 0) is 37.3 Å². The number of ether oxygens (including phenoxy) is 1. The van der Waals surface area contributed by atoms with Crippen molar-refractivity contribution < 1.29 is 4.74 Å². The van der Waals surface area contributed by atoms with E-state index in [9.17, 15) is 0 Å². The highest BCUT2D eigenvalue weighted by Crippen LogP contribution is 2.38. The minimum absolute atomic E-state index is 0.499. The van der Waals surface area contributed by atoms with Crippen LogP contribution in [0.15, 0.2) is 18.2 Å². The maximum atomic E-state index is 6.08. The van der Waals surface area contributed by atoms with Crippen LogP contribution in [0.3, 0.4) is 0 Å². The first-order valence-electron chi connectivity index (χ1n) is 6.50. The fraction of sp³-hybridized carbons (Fsp3) is 0.500. The Morgan fingerprint density at radius 1 is 1.39 bits per heavy atom. The molecule has 1 aliphatic rings. The minimum atomic E-state index is 0.499. The van der Waals surface area contributed by atoms with Crippen LogP contribution in [0.4, 0.5) is 5.95 Å². The van der Waals surface area contributed by atoms with Gasteiger partial charge in [-0.2, -0.15) is 0 Å². The SMILES string of the molecule is COc1ccc2c(c1)nc(N)n2C1CCC(C)C1. The molecule has 96 valence electrons. The molecule has 4 nitrogen and oxygen atoms in total. The number of imidazole rings is 1. The van der Waals surface area contributed by atoms with Gasteiger partial charge >= 0.3 is 0 Å². The Kier molecular flexibility index (Phi) is 2.65. The third-order valence-corrected chi connectivity index (χ3v) is 3.96. The highest BCUT2D eigenvalue weighted by molar-refractivity contribution is 5.80. The average Bonchev–Trinajstić information content (AvgIpc) is 2.90. The second-order valence-electron chi connectivity index (χ2n) is 5.27. The van der Waals surface area contributed by atoms with Gasteiger partial charge in [-0.25, -0.2) is 4.98 Å². The summed E-state index contributed by atoms with van der Waals surface area (Å²) in [4.78, 5) is 4.45. The molecule has 2 N–H and O–H groups in total. The van der Waals surface area contributed by atoms with E-state index in [-0.39, 0.29) is 0 Å². The Hall–Kier alpha value is -1.71. The van der Waals surface area contributed by atoms with E-state index >= 15 is 0 Å². The summed E-state index contributed by atoms with van der Waals surface area (Å²) >= 11 is 0. The lowest BCUT2D eigenvalue weighted by molar-refractivity contribution is 0.415. The van der Waals surface area contributed by atoms with Gasteiger partial charge in [0.2, 0.25) is 5.95 Å². The Labute approximate surface area is 107 Å². The average molecular weight is 245 g/mol. The molecule has 1 heterocycles. The highest BCUT2D eigenvalue weighted by atomic mass is 16.5. The van der Waals surface area contributed by atoms with Gasteiger partial charge in [0.15, 0.2) is 0 Å². The van der Waals surface area contributed by atoms with Gasteiger partial charge in [0.05, 0.1) is 18.1 Å². The molecule has 4 heteroatoms. The zero-order valence-corrected chi connectivity index (χ0v) is 10.9. The number of hydrogen-bond donors (Lipinski definition) is 1. The summed E-state index contributed by atoms with van der Waals surface area (Å²) in [6.45, 7) is 2.30. The number of nitrogen functional groups attached to an aromatic ring is 1. The lowest BCUT2D eigenvalue weighted by atomic mass is 10.1. The van der Waals surface area contributed by atoms with Crippen molar-refractivity contribution in [2.75, 3.05) is 12.8 Å². The summed E-state index contributed by atoms with van der Waals surface area (Å²) < 4.78 is 7.42. The third-order valence-electron chi connectivity index (χ3n) is 3.96. The number of anilines is 1. The Morgan fingerprint density at radius 2 is 2.22 bits per heavy atom. The molecule has 1 aromatic carbocycles. The molecule has 0 radical (unpaired) electrons. The second-order valence-corrected chi connectivity index (χ2v) is 5.27. The van der Waals surface area contributed by atoms with E-state index in [1.54, 1.807) is 7.11 Å². The van der Waals surface area contributed by atoms with Crippen molar-refractivity contribution >= 4 is 17.0 Å². The van der Waals surface area contributed by atoms with Gasteiger partial charge in [-0.1, -0.05) is 6.92 Å². The predicted octanol–water partition coefficient (Wildman–Crippen LogP) is 2.99. The predicted molar refractivity (Wildman–Crippen MR) is 72.7 cm³/mol. The van der Waals surface area contributed by atoms with Gasteiger partial charge in [-0.15, -0.1) is 0 Å². The number of rotatable bonds is 2. The normalized spacial score (nSPS) is 23.7. The molecule has 0 spiro atoms. The summed E-state index contributed by atoms with van der Waals surface area (Å²) in [7, 11) is 1.67. The zero-order chi connectivity index (χ0) is 12.7. The maximum Gasteiger partial charge on any atom is 0.201 e. The fourth-order valence-electron chi connectivity index (χ4n) is 3.02. The number of aromatic nitrogens is 2. The second kappa shape index (κ2) is 4.19. The lowest BCUT2D eigenvalue weighted by Crippen LogP contribution is -2.08. The molecule has 1 aromatic heterocycles. The molecule has 0 amide bonds. The first-order valence-corrected chi connectivity index (χ1v) is 6.50. The molecule has 1 fully saturated rings. The largest absolute Gasteiger partial charge is 0.497 e. The van der Waals surface area contributed by atoms with E-state index in [4.69, 9.17) is 10.5 Å². The van der Waals surface area contributed by atoms with Crippen LogP contribution in [-0.4, -0.2) is 16.7 Å². The summed E-state index contributed by atoms with van der Waals surface area (Å²) in [5.74, 6) is 2.23. The zero-order valence-electron chi connectivity index (χ0n) is 10.9. The lowest BCUT2D eigenvalue weighted by Gasteiger charge is -2.14. The van der Waals surface area contributed by atoms with Crippen LogP contribution in [-0.2, 0) is 0 Å². The number of nitrogens with two attached hydrogens (primary N) is 1. The number of benzene rings is 1. The van der Waals surface area contributed by atoms with Crippen molar-refractivity contribution in [2.24, 2.45) is 5.92 Å². The molecule has 0 saturated heterocycles. The van der Waals surface area contributed by atoms with E-state index in [0.717, 1.165) is 22.7 Å². The Balaban J connectivity index is 2.08. The summed E-state index contributed by atoms with van der Waals surface area (Å²) in [6.07, 6.45) is 3.67. The maximum absolute atomic E-state index is 6.08. The van der Waals surface area contributed by atoms with Crippen LogP contribution in [0.2, 0.25) is 0 Å². The standard InChI is InChI=1S/C14H19N3O/c1-9-3-4-10(7-9)17-13-6-5-11(18-2)8-12(13)16-14(17)15/h5-6,8-10H,3-4,7H2,1-2H3,(H2,15,16). The van der Waals surface area contributed by atoms with E-state index in [1.165, 1.54) is 19.3 Å². The quantitative estimate of drug-likeness (QED) is 0.885. The van der Waals surface area contributed by atoms with Crippen LogP contribution in [0.25, 0.3) is 11.0 Å². The van der Waals surface area contributed by atoms with Gasteiger partial charge in [0.1, 0.15) is 5.75 Å².